The van der Waals surface area contributed by atoms with Gasteiger partial charge in [0.25, 0.3) is 0 Å². The summed E-state index contributed by atoms with van der Waals surface area (Å²) in [5.41, 5.74) is 0. The third-order valence-corrected chi connectivity index (χ3v) is 2.95. The third-order valence-electron chi connectivity index (χ3n) is 1.87. The highest BCUT2D eigenvalue weighted by atomic mass is 31.2. The van der Waals surface area contributed by atoms with Crippen molar-refractivity contribution in [3.05, 3.63) is 12.7 Å². The van der Waals surface area contributed by atoms with Gasteiger partial charge >= 0.3 is 13.6 Å². The van der Waals surface area contributed by atoms with Crippen LogP contribution in [0.5, 0.6) is 0 Å². The Kier molecular flexibility index (Phi) is 5.17. The van der Waals surface area contributed by atoms with Crippen LogP contribution in [0.15, 0.2) is 12.7 Å². The van der Waals surface area contributed by atoms with Gasteiger partial charge in [-0.25, -0.2) is 0 Å². The fourth-order valence-electron chi connectivity index (χ4n) is 1.04. The highest BCUT2D eigenvalue weighted by molar-refractivity contribution is 7.52. The van der Waals surface area contributed by atoms with E-state index in [4.69, 9.17) is 14.9 Å². The van der Waals surface area contributed by atoms with Crippen LogP contribution in [0.3, 0.4) is 0 Å². The molecule has 15 heavy (non-hydrogen) atoms. The van der Waals surface area contributed by atoms with Crippen molar-refractivity contribution in [2.45, 2.75) is 25.7 Å². The summed E-state index contributed by atoms with van der Waals surface area (Å²) in [6, 6.07) is -1.01. The molecule has 0 amide bonds. The van der Waals surface area contributed by atoms with E-state index < -0.39 is 25.4 Å². The van der Waals surface area contributed by atoms with E-state index in [1.807, 2.05) is 0 Å². The van der Waals surface area contributed by atoms with Gasteiger partial charge in [-0.1, -0.05) is 19.9 Å². The minimum Gasteiger partial charge on any atom is -0.480 e. The van der Waals surface area contributed by atoms with Gasteiger partial charge in [-0.3, -0.25) is 14.7 Å². The Morgan fingerprint density at radius 1 is 1.47 bits per heavy atom. The van der Waals surface area contributed by atoms with Gasteiger partial charge in [-0.05, 0) is 5.92 Å². The van der Waals surface area contributed by atoms with Gasteiger partial charge in [-0.2, -0.15) is 0 Å². The molecule has 0 heterocycles. The molecule has 0 saturated carbocycles. The minimum absolute atomic E-state index is 0.281. The van der Waals surface area contributed by atoms with Crippen molar-refractivity contribution in [1.29, 1.82) is 0 Å². The number of hydrogen-bond acceptors (Lipinski definition) is 3. The second-order valence-corrected chi connectivity index (χ2v) is 5.23. The molecule has 0 aromatic rings. The van der Waals surface area contributed by atoms with E-state index in [0.717, 1.165) is 6.08 Å². The molecular weight excluding hydrogens is 221 g/mol. The molecule has 7 heteroatoms. The normalized spacial score (nSPS) is 16.1. The smallest absolute Gasteiger partial charge is 0.346 e. The lowest BCUT2D eigenvalue weighted by molar-refractivity contribution is -0.140. The molecule has 0 aliphatic rings. The zero-order chi connectivity index (χ0) is 12.2. The molecule has 2 atom stereocenters. The summed E-state index contributed by atoms with van der Waals surface area (Å²) in [5, 5.41) is 11.2. The lowest BCUT2D eigenvalue weighted by Gasteiger charge is -2.23. The van der Waals surface area contributed by atoms with Crippen molar-refractivity contribution in [2.75, 3.05) is 0 Å². The molecule has 0 aliphatic heterocycles. The van der Waals surface area contributed by atoms with E-state index in [1.54, 1.807) is 13.8 Å². The zero-order valence-electron chi connectivity index (χ0n) is 8.62. The second kappa shape index (κ2) is 5.42. The van der Waals surface area contributed by atoms with Crippen molar-refractivity contribution >= 4 is 13.6 Å². The maximum atomic E-state index is 10.9. The van der Waals surface area contributed by atoms with E-state index in [9.17, 15) is 9.36 Å². The Labute approximate surface area is 88.2 Å². The monoisotopic (exact) mass is 237 g/mol. The molecule has 0 aliphatic carbocycles. The van der Waals surface area contributed by atoms with Crippen molar-refractivity contribution in [3.63, 3.8) is 0 Å². The first-order chi connectivity index (χ1) is 6.70. The first-order valence-corrected chi connectivity index (χ1v) is 6.05. The summed E-state index contributed by atoms with van der Waals surface area (Å²) >= 11 is 0. The summed E-state index contributed by atoms with van der Waals surface area (Å²) in [6.07, 6.45) is 1.01. The van der Waals surface area contributed by atoms with Crippen molar-refractivity contribution in [3.8, 4) is 0 Å². The number of nitrogens with one attached hydrogen (secondary N) is 1. The van der Waals surface area contributed by atoms with E-state index in [0.29, 0.717) is 0 Å². The quantitative estimate of drug-likeness (QED) is 0.393. The van der Waals surface area contributed by atoms with Crippen LogP contribution < -0.4 is 5.32 Å². The van der Waals surface area contributed by atoms with Crippen LogP contribution in [-0.2, 0) is 9.36 Å². The predicted molar refractivity (Wildman–Crippen MR) is 55.4 cm³/mol. The molecule has 88 valence electrons. The number of carboxylic acids is 1. The van der Waals surface area contributed by atoms with E-state index in [2.05, 4.69) is 11.9 Å². The molecule has 0 bridgehead atoms. The zero-order valence-corrected chi connectivity index (χ0v) is 9.52. The molecule has 0 aromatic heterocycles. The van der Waals surface area contributed by atoms with E-state index >= 15 is 0 Å². The summed E-state index contributed by atoms with van der Waals surface area (Å²) in [4.78, 5) is 28.5. The average Bonchev–Trinajstić information content (AvgIpc) is 2.01. The Balaban J connectivity index is 4.72. The molecule has 0 fully saturated rings. The van der Waals surface area contributed by atoms with Crippen LogP contribution in [-0.4, -0.2) is 32.7 Å². The lowest BCUT2D eigenvalue weighted by Crippen LogP contribution is -2.45. The number of hydrogen-bond donors (Lipinski definition) is 4. The highest BCUT2D eigenvalue weighted by Gasteiger charge is 2.32. The van der Waals surface area contributed by atoms with Gasteiger partial charge in [-0.15, -0.1) is 6.58 Å². The first kappa shape index (κ1) is 14.3. The first-order valence-electron chi connectivity index (χ1n) is 4.36. The van der Waals surface area contributed by atoms with Crippen LogP contribution in [0, 0.1) is 5.92 Å². The Morgan fingerprint density at radius 2 is 1.93 bits per heavy atom. The third kappa shape index (κ3) is 4.57. The van der Waals surface area contributed by atoms with Crippen LogP contribution in [0.25, 0.3) is 0 Å². The molecule has 0 rings (SSSR count). The number of carbonyl (C=O) groups is 1. The average molecular weight is 237 g/mol. The molecule has 4 N–H and O–H groups in total. The Hall–Kier alpha value is -0.680. The molecule has 0 aromatic carbocycles. The van der Waals surface area contributed by atoms with Crippen molar-refractivity contribution < 1.29 is 24.3 Å². The number of carboxylic acid groups (broad SMARTS) is 1. The molecule has 0 radical (unpaired) electrons. The number of aliphatic carboxylic acids is 1. The summed E-state index contributed by atoms with van der Waals surface area (Å²) < 4.78 is 10.9. The van der Waals surface area contributed by atoms with Gasteiger partial charge in [0.05, 0.1) is 0 Å². The largest absolute Gasteiger partial charge is 0.480 e. The SMILES string of the molecule is C=CC(NC(C(=O)O)C(C)C)P(=O)(O)O. The van der Waals surface area contributed by atoms with Crippen LogP contribution in [0.1, 0.15) is 13.8 Å². The molecule has 6 nitrogen and oxygen atoms in total. The topological polar surface area (TPSA) is 107 Å². The maximum Gasteiger partial charge on any atom is 0.346 e. The minimum atomic E-state index is -4.40. The van der Waals surface area contributed by atoms with Crippen LogP contribution in [0.2, 0.25) is 0 Å². The predicted octanol–water partition coefficient (Wildman–Crippen LogP) is 0.375. The van der Waals surface area contributed by atoms with Crippen LogP contribution >= 0.6 is 7.60 Å². The standard InChI is InChI=1S/C8H16NO5P/c1-4-6(15(12,13)14)9-7(5(2)3)8(10)11/h4-7,9H,1H2,2-3H3,(H,10,11)(H2,12,13,14). The van der Waals surface area contributed by atoms with Gasteiger partial charge in [0.1, 0.15) is 11.8 Å². The summed E-state index contributed by atoms with van der Waals surface area (Å²) in [5.74, 6) is -2.76. The number of rotatable bonds is 6. The fourth-order valence-corrected chi connectivity index (χ4v) is 1.66. The van der Waals surface area contributed by atoms with Gasteiger partial charge < -0.3 is 14.9 Å². The van der Waals surface area contributed by atoms with Gasteiger partial charge in [0.15, 0.2) is 0 Å². The van der Waals surface area contributed by atoms with E-state index in [-0.39, 0.29) is 5.92 Å². The van der Waals surface area contributed by atoms with Crippen molar-refractivity contribution in [2.24, 2.45) is 5.92 Å². The second-order valence-electron chi connectivity index (χ2n) is 3.50. The maximum absolute atomic E-state index is 10.9. The lowest BCUT2D eigenvalue weighted by atomic mass is 10.1. The summed E-state index contributed by atoms with van der Waals surface area (Å²) in [7, 11) is -4.40. The molecule has 0 saturated heterocycles. The van der Waals surface area contributed by atoms with E-state index in [1.165, 1.54) is 0 Å². The molecule has 2 unspecified atom stereocenters. The Morgan fingerprint density at radius 3 is 2.13 bits per heavy atom. The Bertz CT molecular complexity index is 285. The van der Waals surface area contributed by atoms with Gasteiger partial charge in [0.2, 0.25) is 0 Å². The highest BCUT2D eigenvalue weighted by Crippen LogP contribution is 2.40. The molecule has 0 spiro atoms. The summed E-state index contributed by atoms with van der Waals surface area (Å²) in [6.45, 7) is 6.54. The molecular formula is C8H16NO5P. The van der Waals surface area contributed by atoms with Gasteiger partial charge in [0, 0.05) is 0 Å². The fraction of sp³-hybridized carbons (Fsp3) is 0.625. The van der Waals surface area contributed by atoms with Crippen molar-refractivity contribution in [1.82, 2.24) is 5.32 Å². The van der Waals surface area contributed by atoms with Crippen LogP contribution in [0.4, 0.5) is 0 Å².